The van der Waals surface area contributed by atoms with E-state index < -0.39 is 5.82 Å². The Morgan fingerprint density at radius 3 is 2.84 bits per heavy atom. The van der Waals surface area contributed by atoms with E-state index in [4.69, 9.17) is 4.74 Å². The number of carbonyl (C=O) groups is 1. The first-order valence-electron chi connectivity index (χ1n) is 10.8. The average Bonchev–Trinajstić information content (AvgIpc) is 3.11. The molecule has 1 N–H and O–H groups in total. The van der Waals surface area contributed by atoms with Crippen LogP contribution in [0.1, 0.15) is 22.8 Å². The standard InChI is InChI=1S/C24H27FN4O2/c1-15-14-31-6-5-29(15)24(30)21-10-18(25)3-4-19(21)20-8-16(7-17-11-26-12-17)9-23-22(20)13-27-28(23)2/h3-4,8-10,13,15,17,26H,5-7,11-12,14H2,1-2H3/t15-/m1/s1. The molecule has 2 aliphatic heterocycles. The summed E-state index contributed by atoms with van der Waals surface area (Å²) < 4.78 is 21.6. The number of morpholine rings is 1. The van der Waals surface area contributed by atoms with Crippen molar-refractivity contribution in [3.63, 3.8) is 0 Å². The largest absolute Gasteiger partial charge is 0.377 e. The predicted octanol–water partition coefficient (Wildman–Crippen LogP) is 3.00. The van der Waals surface area contributed by atoms with Gasteiger partial charge in [-0.25, -0.2) is 4.39 Å². The Kier molecular flexibility index (Phi) is 5.24. The van der Waals surface area contributed by atoms with Crippen LogP contribution in [0.15, 0.2) is 36.5 Å². The summed E-state index contributed by atoms with van der Waals surface area (Å²) >= 11 is 0. The number of carbonyl (C=O) groups excluding carboxylic acids is 1. The molecule has 0 saturated carbocycles. The monoisotopic (exact) mass is 422 g/mol. The zero-order valence-corrected chi connectivity index (χ0v) is 17.9. The van der Waals surface area contributed by atoms with Crippen LogP contribution in [0.3, 0.4) is 0 Å². The van der Waals surface area contributed by atoms with Crippen molar-refractivity contribution in [3.8, 4) is 11.1 Å². The molecule has 2 aliphatic rings. The van der Waals surface area contributed by atoms with Gasteiger partial charge in [-0.3, -0.25) is 9.48 Å². The first-order valence-corrected chi connectivity index (χ1v) is 10.8. The molecule has 2 aromatic carbocycles. The Balaban J connectivity index is 1.63. The molecular weight excluding hydrogens is 395 g/mol. The number of halogens is 1. The van der Waals surface area contributed by atoms with Gasteiger partial charge in [0, 0.05) is 19.0 Å². The number of nitrogens with zero attached hydrogens (tertiary/aromatic N) is 3. The first-order chi connectivity index (χ1) is 15.0. The van der Waals surface area contributed by atoms with Crippen LogP contribution < -0.4 is 5.32 Å². The maximum Gasteiger partial charge on any atom is 0.254 e. The number of aryl methyl sites for hydroxylation is 1. The molecule has 2 saturated heterocycles. The lowest BCUT2D eigenvalue weighted by molar-refractivity contribution is 0.00361. The van der Waals surface area contributed by atoms with E-state index in [1.54, 1.807) is 11.0 Å². The lowest BCUT2D eigenvalue weighted by atomic mass is 9.89. The van der Waals surface area contributed by atoms with Crippen molar-refractivity contribution in [2.45, 2.75) is 19.4 Å². The maximum atomic E-state index is 14.3. The number of amides is 1. The lowest BCUT2D eigenvalue weighted by Crippen LogP contribution is -2.47. The van der Waals surface area contributed by atoms with Gasteiger partial charge in [-0.15, -0.1) is 0 Å². The molecule has 1 atom stereocenters. The van der Waals surface area contributed by atoms with E-state index in [1.165, 1.54) is 17.7 Å². The minimum absolute atomic E-state index is 0.0479. The number of ether oxygens (including phenoxy) is 1. The highest BCUT2D eigenvalue weighted by atomic mass is 19.1. The van der Waals surface area contributed by atoms with E-state index in [-0.39, 0.29) is 11.9 Å². The number of aromatic nitrogens is 2. The third-order valence-electron chi connectivity index (χ3n) is 6.45. The number of hydrogen-bond donors (Lipinski definition) is 1. The molecular formula is C24H27FN4O2. The van der Waals surface area contributed by atoms with E-state index in [0.717, 1.165) is 41.5 Å². The van der Waals surface area contributed by atoms with Crippen LogP contribution >= 0.6 is 0 Å². The Morgan fingerprint density at radius 2 is 2.10 bits per heavy atom. The second kappa shape index (κ2) is 8.05. The Hall–Kier alpha value is -2.77. The summed E-state index contributed by atoms with van der Waals surface area (Å²) in [5, 5.41) is 8.74. The fourth-order valence-corrected chi connectivity index (χ4v) is 4.58. The Bertz CT molecular complexity index is 1140. The summed E-state index contributed by atoms with van der Waals surface area (Å²) in [4.78, 5) is 15.3. The summed E-state index contributed by atoms with van der Waals surface area (Å²) in [5.41, 5.74) is 4.29. The lowest BCUT2D eigenvalue weighted by Gasteiger charge is -2.34. The van der Waals surface area contributed by atoms with Crippen LogP contribution in [0.25, 0.3) is 22.0 Å². The van der Waals surface area contributed by atoms with Gasteiger partial charge in [0.1, 0.15) is 5.82 Å². The van der Waals surface area contributed by atoms with Crippen molar-refractivity contribution in [2.75, 3.05) is 32.8 Å². The molecule has 162 valence electrons. The number of nitrogens with one attached hydrogen (secondary N) is 1. The van der Waals surface area contributed by atoms with E-state index >= 15 is 0 Å². The smallest absolute Gasteiger partial charge is 0.254 e. The van der Waals surface area contributed by atoms with Gasteiger partial charge in [0.15, 0.2) is 0 Å². The van der Waals surface area contributed by atoms with Crippen LogP contribution in [-0.2, 0) is 18.2 Å². The van der Waals surface area contributed by atoms with Gasteiger partial charge in [0.2, 0.25) is 0 Å². The fraction of sp³-hybridized carbons (Fsp3) is 0.417. The molecule has 0 radical (unpaired) electrons. The quantitative estimate of drug-likeness (QED) is 0.702. The van der Waals surface area contributed by atoms with Crippen LogP contribution in [0.4, 0.5) is 4.39 Å². The molecule has 31 heavy (non-hydrogen) atoms. The highest BCUT2D eigenvalue weighted by Gasteiger charge is 2.28. The van der Waals surface area contributed by atoms with Gasteiger partial charge < -0.3 is 15.0 Å². The van der Waals surface area contributed by atoms with Crippen molar-refractivity contribution < 1.29 is 13.9 Å². The van der Waals surface area contributed by atoms with Gasteiger partial charge in [-0.05, 0) is 67.2 Å². The summed E-state index contributed by atoms with van der Waals surface area (Å²) in [6.07, 6.45) is 2.79. The van der Waals surface area contributed by atoms with Crippen molar-refractivity contribution in [2.24, 2.45) is 13.0 Å². The summed E-state index contributed by atoms with van der Waals surface area (Å²) in [5.74, 6) is 0.0464. The highest BCUT2D eigenvalue weighted by Crippen LogP contribution is 2.34. The molecule has 1 aromatic heterocycles. The van der Waals surface area contributed by atoms with Crippen LogP contribution in [0.5, 0.6) is 0 Å². The van der Waals surface area contributed by atoms with E-state index in [2.05, 4.69) is 22.5 Å². The molecule has 2 fully saturated rings. The van der Waals surface area contributed by atoms with Crippen LogP contribution in [-0.4, -0.2) is 59.5 Å². The van der Waals surface area contributed by atoms with Gasteiger partial charge >= 0.3 is 0 Å². The Labute approximate surface area is 181 Å². The van der Waals surface area contributed by atoms with Crippen molar-refractivity contribution >= 4 is 16.8 Å². The van der Waals surface area contributed by atoms with Crippen molar-refractivity contribution in [1.82, 2.24) is 20.0 Å². The second-order valence-electron chi connectivity index (χ2n) is 8.69. The molecule has 0 unspecified atom stereocenters. The maximum absolute atomic E-state index is 14.3. The molecule has 6 nitrogen and oxygen atoms in total. The Morgan fingerprint density at radius 1 is 1.26 bits per heavy atom. The number of fused-ring (bicyclic) bond motifs is 1. The highest BCUT2D eigenvalue weighted by molar-refractivity contribution is 6.05. The minimum atomic E-state index is -0.410. The SMILES string of the molecule is C[C@@H]1COCCN1C(=O)c1cc(F)ccc1-c1cc(CC2CNC2)cc2c1cnn2C. The fourth-order valence-electron chi connectivity index (χ4n) is 4.58. The minimum Gasteiger partial charge on any atom is -0.377 e. The van der Waals surface area contributed by atoms with Gasteiger partial charge in [0.05, 0.1) is 36.5 Å². The number of rotatable bonds is 4. The van der Waals surface area contributed by atoms with Crippen LogP contribution in [0, 0.1) is 11.7 Å². The molecule has 1 amide bonds. The zero-order chi connectivity index (χ0) is 21.5. The number of hydrogen-bond acceptors (Lipinski definition) is 4. The molecule has 5 rings (SSSR count). The molecule has 3 heterocycles. The van der Waals surface area contributed by atoms with Gasteiger partial charge in [-0.1, -0.05) is 12.1 Å². The summed E-state index contributed by atoms with van der Waals surface area (Å²) in [7, 11) is 1.92. The summed E-state index contributed by atoms with van der Waals surface area (Å²) in [6.45, 7) is 5.50. The number of benzene rings is 2. The molecule has 0 spiro atoms. The topological polar surface area (TPSA) is 59.4 Å². The van der Waals surface area contributed by atoms with E-state index in [0.29, 0.717) is 31.2 Å². The van der Waals surface area contributed by atoms with Gasteiger partial charge in [0.25, 0.3) is 5.91 Å². The molecule has 3 aromatic rings. The first kappa shape index (κ1) is 20.2. The molecule has 0 bridgehead atoms. The third kappa shape index (κ3) is 3.72. The average molecular weight is 423 g/mol. The molecule has 7 heteroatoms. The zero-order valence-electron chi connectivity index (χ0n) is 17.9. The van der Waals surface area contributed by atoms with Crippen molar-refractivity contribution in [3.05, 3.63) is 53.5 Å². The van der Waals surface area contributed by atoms with Crippen LogP contribution in [0.2, 0.25) is 0 Å². The van der Waals surface area contributed by atoms with E-state index in [1.807, 2.05) is 24.9 Å². The van der Waals surface area contributed by atoms with Crippen molar-refractivity contribution in [1.29, 1.82) is 0 Å². The third-order valence-corrected chi connectivity index (χ3v) is 6.45. The summed E-state index contributed by atoms with van der Waals surface area (Å²) in [6, 6.07) is 8.80. The normalized spacial score (nSPS) is 19.6. The predicted molar refractivity (Wildman–Crippen MR) is 117 cm³/mol. The van der Waals surface area contributed by atoms with E-state index in [9.17, 15) is 9.18 Å². The van der Waals surface area contributed by atoms with Gasteiger partial charge in [-0.2, -0.15) is 5.10 Å². The molecule has 0 aliphatic carbocycles. The second-order valence-corrected chi connectivity index (χ2v) is 8.69.